The van der Waals surface area contributed by atoms with E-state index in [-0.39, 0.29) is 34.8 Å². The van der Waals surface area contributed by atoms with Crippen LogP contribution < -0.4 is 9.84 Å². The molecule has 1 heterocycles. The molecule has 0 spiro atoms. The minimum absolute atomic E-state index is 0.0535. The number of fused-ring (bicyclic) bond motifs is 5. The minimum atomic E-state index is -4.72. The third-order valence-corrected chi connectivity index (χ3v) is 11.4. The van der Waals surface area contributed by atoms with Crippen molar-refractivity contribution in [1.82, 2.24) is 4.98 Å². The molecule has 1 aromatic heterocycles. The van der Waals surface area contributed by atoms with E-state index in [9.17, 15) is 24.4 Å². The fourth-order valence-electron chi connectivity index (χ4n) is 7.24. The number of nitrogens with zero attached hydrogens (tertiary/aromatic N) is 2. The molecule has 3 aliphatic carbocycles. The summed E-state index contributed by atoms with van der Waals surface area (Å²) in [5.41, 5.74) is 2.79. The van der Waals surface area contributed by atoms with Gasteiger partial charge in [0.05, 0.1) is 14.7 Å². The van der Waals surface area contributed by atoms with Crippen LogP contribution in [0.25, 0.3) is 0 Å². The fourth-order valence-corrected chi connectivity index (χ4v) is 10.1. The Hall–Kier alpha value is -1.30. The number of rotatable bonds is 6. The molecule has 2 aromatic rings. The van der Waals surface area contributed by atoms with Crippen LogP contribution in [-0.4, -0.2) is 31.6 Å². The number of aryl methyl sites for hydroxylation is 1. The monoisotopic (exact) mass is 689 g/mol. The first-order chi connectivity index (χ1) is 17.9. The van der Waals surface area contributed by atoms with Gasteiger partial charge in [0.15, 0.2) is 10.9 Å². The summed E-state index contributed by atoms with van der Waals surface area (Å²) in [6.07, 6.45) is 6.92. The number of thiazole rings is 1. The minimum Gasteiger partial charge on any atom is -0.411 e. The van der Waals surface area contributed by atoms with Crippen molar-refractivity contribution in [1.29, 1.82) is 0 Å². The molecule has 4 N–H and O–H groups in total. The number of carbonyl (C=O) groups excluding carboxylic acids is 1. The molecule has 1 aromatic carbocycles. The number of anilines is 1. The second kappa shape index (κ2) is 10.6. The van der Waals surface area contributed by atoms with Crippen molar-refractivity contribution in [2.24, 2.45) is 28.3 Å². The molecule has 0 aliphatic heterocycles. The Morgan fingerprint density at radius 1 is 1.37 bits per heavy atom. The standard InChI is InChI=1S/C25H30Br2N3O6PS/c1-12-11-28-24(38-12)29-20(31)6-3-13-9-19(30-32)25(2)8-7-14-15(21(13)25)4-5-16-17(14)10-18(26)23(22(16)27)36-37(33,34)35/h10-11,13-15,21,32H,3-9H2,1-2H3,(H,28,29,31)(H2,33,34,35)/t13-,14?,15?,21?,25-/m1/s1. The van der Waals surface area contributed by atoms with Gasteiger partial charge in [0, 0.05) is 22.9 Å². The van der Waals surface area contributed by atoms with Crippen molar-refractivity contribution in [2.75, 3.05) is 5.32 Å². The number of aromatic nitrogens is 1. The van der Waals surface area contributed by atoms with Gasteiger partial charge in [-0.05, 0) is 118 Å². The Morgan fingerprint density at radius 3 is 2.79 bits per heavy atom. The number of phosphoric acid groups is 1. The zero-order chi connectivity index (χ0) is 27.4. The van der Waals surface area contributed by atoms with Gasteiger partial charge in [0.1, 0.15) is 0 Å². The van der Waals surface area contributed by atoms with Crippen LogP contribution in [0, 0.1) is 30.1 Å². The van der Waals surface area contributed by atoms with Crippen molar-refractivity contribution >= 4 is 67.8 Å². The van der Waals surface area contributed by atoms with Gasteiger partial charge in [-0.25, -0.2) is 9.55 Å². The summed E-state index contributed by atoms with van der Waals surface area (Å²) in [6, 6.07) is 1.94. The van der Waals surface area contributed by atoms with E-state index in [0.29, 0.717) is 39.3 Å². The summed E-state index contributed by atoms with van der Waals surface area (Å²) >= 11 is 8.48. The van der Waals surface area contributed by atoms with Gasteiger partial charge in [-0.1, -0.05) is 12.1 Å². The summed E-state index contributed by atoms with van der Waals surface area (Å²) in [5.74, 6) is 1.13. The van der Waals surface area contributed by atoms with E-state index in [2.05, 4.69) is 54.2 Å². The molecule has 2 saturated carbocycles. The van der Waals surface area contributed by atoms with Gasteiger partial charge in [0.25, 0.3) is 0 Å². The van der Waals surface area contributed by atoms with Crippen LogP contribution >= 0.6 is 51.0 Å². The molecule has 3 aliphatic rings. The lowest BCUT2D eigenvalue weighted by atomic mass is 9.54. The molecular weight excluding hydrogens is 661 g/mol. The molecule has 9 nitrogen and oxygen atoms in total. The predicted octanol–water partition coefficient (Wildman–Crippen LogP) is 6.78. The fraction of sp³-hybridized carbons (Fsp3) is 0.560. The topological polar surface area (TPSA) is 141 Å². The Labute approximate surface area is 242 Å². The number of oxime groups is 1. The van der Waals surface area contributed by atoms with Crippen LogP contribution in [0.5, 0.6) is 5.75 Å². The highest BCUT2D eigenvalue weighted by molar-refractivity contribution is 9.11. The second-order valence-electron chi connectivity index (χ2n) is 10.8. The summed E-state index contributed by atoms with van der Waals surface area (Å²) < 4.78 is 17.6. The maximum Gasteiger partial charge on any atom is 0.524 e. The van der Waals surface area contributed by atoms with Crippen LogP contribution in [0.4, 0.5) is 5.13 Å². The van der Waals surface area contributed by atoms with Gasteiger partial charge in [0.2, 0.25) is 5.91 Å². The van der Waals surface area contributed by atoms with Crippen molar-refractivity contribution in [3.05, 3.63) is 37.2 Å². The lowest BCUT2D eigenvalue weighted by Gasteiger charge is -2.50. The smallest absolute Gasteiger partial charge is 0.411 e. The summed E-state index contributed by atoms with van der Waals surface area (Å²) in [4.78, 5) is 36.7. The molecule has 0 bridgehead atoms. The van der Waals surface area contributed by atoms with Gasteiger partial charge in [-0.2, -0.15) is 0 Å². The van der Waals surface area contributed by atoms with E-state index in [0.717, 1.165) is 47.4 Å². The maximum absolute atomic E-state index is 12.7. The Bertz CT molecular complexity index is 1350. The average Bonchev–Trinajstić information content (AvgIpc) is 3.38. The third kappa shape index (κ3) is 5.24. The summed E-state index contributed by atoms with van der Waals surface area (Å²) in [5, 5.41) is 17.2. The van der Waals surface area contributed by atoms with Crippen LogP contribution in [-0.2, 0) is 15.8 Å². The van der Waals surface area contributed by atoms with E-state index in [4.69, 9.17) is 4.52 Å². The number of benzene rings is 1. The zero-order valence-corrected chi connectivity index (χ0v) is 25.9. The van der Waals surface area contributed by atoms with E-state index in [1.165, 1.54) is 11.3 Å². The molecule has 38 heavy (non-hydrogen) atoms. The highest BCUT2D eigenvalue weighted by Crippen LogP contribution is 2.63. The Kier molecular flexibility index (Phi) is 7.87. The summed E-state index contributed by atoms with van der Waals surface area (Å²) in [7, 11) is -4.72. The van der Waals surface area contributed by atoms with E-state index in [1.807, 2.05) is 13.0 Å². The average molecular weight is 691 g/mol. The van der Waals surface area contributed by atoms with Crippen LogP contribution in [0.3, 0.4) is 0 Å². The largest absolute Gasteiger partial charge is 0.524 e. The SMILES string of the molecule is Cc1cnc(NC(=O)CC[C@@H]2CC(=NO)[C@@]3(C)CCC4c5cc(Br)c(OP(=O)(O)O)c(Br)c5CCC4C23)s1. The molecule has 1 amide bonds. The highest BCUT2D eigenvalue weighted by Gasteiger charge is 2.57. The molecular formula is C25H30Br2N3O6PS. The zero-order valence-electron chi connectivity index (χ0n) is 21.0. The number of nitrogens with one attached hydrogen (secondary N) is 1. The molecule has 0 saturated heterocycles. The van der Waals surface area contributed by atoms with Crippen molar-refractivity contribution in [3.63, 3.8) is 0 Å². The third-order valence-electron chi connectivity index (χ3n) is 8.69. The molecule has 13 heteroatoms. The van der Waals surface area contributed by atoms with Crippen molar-refractivity contribution in [3.8, 4) is 5.75 Å². The van der Waals surface area contributed by atoms with Gasteiger partial charge in [-0.3, -0.25) is 14.6 Å². The number of hydrogen-bond acceptors (Lipinski definition) is 7. The van der Waals surface area contributed by atoms with Crippen molar-refractivity contribution in [2.45, 2.75) is 64.7 Å². The Balaban J connectivity index is 1.40. The first-order valence-electron chi connectivity index (χ1n) is 12.6. The number of halogens is 2. The van der Waals surface area contributed by atoms with Crippen LogP contribution in [0.1, 0.15) is 67.4 Å². The van der Waals surface area contributed by atoms with Crippen LogP contribution in [0.15, 0.2) is 26.4 Å². The number of phosphoric ester groups is 1. The van der Waals surface area contributed by atoms with Gasteiger partial charge in [-0.15, -0.1) is 11.3 Å². The van der Waals surface area contributed by atoms with E-state index < -0.39 is 7.82 Å². The molecule has 3 unspecified atom stereocenters. The molecule has 5 rings (SSSR count). The quantitative estimate of drug-likeness (QED) is 0.149. The first-order valence-corrected chi connectivity index (χ1v) is 16.5. The maximum atomic E-state index is 12.7. The van der Waals surface area contributed by atoms with Crippen LogP contribution in [0.2, 0.25) is 0 Å². The highest BCUT2D eigenvalue weighted by atomic mass is 79.9. The number of amides is 1. The molecule has 5 atom stereocenters. The van der Waals surface area contributed by atoms with E-state index in [1.54, 1.807) is 6.20 Å². The molecule has 206 valence electrons. The molecule has 2 fully saturated rings. The first kappa shape index (κ1) is 28.2. The van der Waals surface area contributed by atoms with Gasteiger partial charge >= 0.3 is 7.82 Å². The number of hydrogen-bond donors (Lipinski definition) is 4. The second-order valence-corrected chi connectivity index (χ2v) is 14.9. The Morgan fingerprint density at radius 2 is 2.13 bits per heavy atom. The number of carbonyl (C=O) groups is 1. The lowest BCUT2D eigenvalue weighted by molar-refractivity contribution is -0.116. The van der Waals surface area contributed by atoms with Crippen molar-refractivity contribution < 1.29 is 28.9 Å². The predicted molar refractivity (Wildman–Crippen MR) is 152 cm³/mol. The normalized spacial score (nSPS) is 29.5. The summed E-state index contributed by atoms with van der Waals surface area (Å²) in [6.45, 7) is 4.16. The van der Waals surface area contributed by atoms with Gasteiger partial charge < -0.3 is 15.0 Å². The lowest BCUT2D eigenvalue weighted by Crippen LogP contribution is -2.44. The molecule has 0 radical (unpaired) electrons. The van der Waals surface area contributed by atoms with E-state index >= 15 is 0 Å².